The molecule has 0 aliphatic carbocycles. The number of nitrogens with zero attached hydrogens (tertiary/aromatic N) is 4. The molecule has 0 radical (unpaired) electrons. The summed E-state index contributed by atoms with van der Waals surface area (Å²) in [6, 6.07) is 8.72. The Kier molecular flexibility index (Phi) is 6.08. The van der Waals surface area contributed by atoms with Gasteiger partial charge in [0.05, 0.1) is 11.4 Å². The molecule has 3 aromatic rings. The molecule has 2 amide bonds. The van der Waals surface area contributed by atoms with Gasteiger partial charge >= 0.3 is 5.91 Å². The predicted octanol–water partition coefficient (Wildman–Crippen LogP) is 3.21. The summed E-state index contributed by atoms with van der Waals surface area (Å²) in [7, 11) is 0. The molecule has 4 rings (SSSR count). The number of amides is 2. The van der Waals surface area contributed by atoms with Crippen LogP contribution in [0, 0.1) is 13.8 Å². The minimum Gasteiger partial charge on any atom is -0.858 e. The van der Waals surface area contributed by atoms with Gasteiger partial charge in [-0.05, 0) is 62.9 Å². The minimum absolute atomic E-state index is 0.102. The number of carbonyl (C=O) groups excluding carboxylic acids is 2. The normalized spacial score (nSPS) is 14.0. The van der Waals surface area contributed by atoms with E-state index in [1.807, 2.05) is 33.8 Å². The van der Waals surface area contributed by atoms with Crippen molar-refractivity contribution < 1.29 is 19.3 Å². The number of hydrogen-bond donors (Lipinski definition) is 0. The van der Waals surface area contributed by atoms with E-state index in [1.165, 1.54) is 9.58 Å². The van der Waals surface area contributed by atoms with Crippen LogP contribution < -0.4 is 9.67 Å². The zero-order valence-electron chi connectivity index (χ0n) is 19.1. The topological polar surface area (TPSA) is 82.1 Å². The van der Waals surface area contributed by atoms with E-state index in [9.17, 15) is 14.7 Å². The summed E-state index contributed by atoms with van der Waals surface area (Å²) in [4.78, 5) is 28.1. The number of hydrogen-bond acceptors (Lipinski definition) is 4. The van der Waals surface area contributed by atoms with Crippen molar-refractivity contribution in [1.82, 2.24) is 14.7 Å². The maximum Gasteiger partial charge on any atom is 0.326 e. The smallest absolute Gasteiger partial charge is 0.326 e. The van der Waals surface area contributed by atoms with Crippen LogP contribution in [0.3, 0.4) is 0 Å². The predicted molar refractivity (Wildman–Crippen MR) is 124 cm³/mol. The molecule has 2 aromatic heterocycles. The zero-order chi connectivity index (χ0) is 23.9. The van der Waals surface area contributed by atoms with Crippen LogP contribution in [0.25, 0.3) is 17.0 Å². The van der Waals surface area contributed by atoms with Crippen molar-refractivity contribution in [2.45, 2.75) is 40.5 Å². The molecule has 0 saturated carbocycles. The van der Waals surface area contributed by atoms with E-state index in [0.717, 1.165) is 11.1 Å². The molecule has 1 aliphatic rings. The number of aryl methyl sites for hydroxylation is 3. The standard InChI is InChI=1S/C25H25ClN4O3/c1-5-11-29-23(31)21(22(25(29)33)28-13-15(3)12-16(4)14-28)20-19(6-2)27-30(24(20)32)18-9-7-17(26)8-10-18/h7-10,12-14H,5-6,11H2,1-4H3. The first-order chi connectivity index (χ1) is 15.8. The van der Waals surface area contributed by atoms with E-state index >= 15 is 0 Å². The largest absolute Gasteiger partial charge is 0.858 e. The molecule has 170 valence electrons. The van der Waals surface area contributed by atoms with Crippen LogP contribution in [-0.4, -0.2) is 33.0 Å². The summed E-state index contributed by atoms with van der Waals surface area (Å²) in [6.07, 6.45) is 4.63. The van der Waals surface area contributed by atoms with E-state index in [-0.39, 0.29) is 23.4 Å². The van der Waals surface area contributed by atoms with Crippen molar-refractivity contribution in [3.63, 3.8) is 0 Å². The lowest BCUT2D eigenvalue weighted by Crippen LogP contribution is -2.40. The highest BCUT2D eigenvalue weighted by molar-refractivity contribution is 6.44. The first kappa shape index (κ1) is 22.7. The fourth-order valence-electron chi connectivity index (χ4n) is 4.20. The summed E-state index contributed by atoms with van der Waals surface area (Å²) in [5.74, 6) is -1.32. The van der Waals surface area contributed by atoms with Crippen LogP contribution in [0.5, 0.6) is 5.88 Å². The van der Waals surface area contributed by atoms with Crippen molar-refractivity contribution in [2.24, 2.45) is 0 Å². The molecule has 8 heteroatoms. The lowest BCUT2D eigenvalue weighted by molar-refractivity contribution is -0.577. The first-order valence-corrected chi connectivity index (χ1v) is 11.3. The lowest BCUT2D eigenvalue weighted by atomic mass is 10.0. The van der Waals surface area contributed by atoms with Gasteiger partial charge in [-0.1, -0.05) is 25.4 Å². The van der Waals surface area contributed by atoms with Gasteiger partial charge in [0.1, 0.15) is 5.57 Å². The van der Waals surface area contributed by atoms with Crippen LogP contribution in [0.15, 0.2) is 42.7 Å². The average molecular weight is 465 g/mol. The number of aromatic nitrogens is 3. The number of rotatable bonds is 6. The lowest BCUT2D eigenvalue weighted by Gasteiger charge is -2.15. The Hall–Kier alpha value is -3.45. The summed E-state index contributed by atoms with van der Waals surface area (Å²) in [6.45, 7) is 7.88. The third-order valence-corrected chi connectivity index (χ3v) is 5.81. The number of benzene rings is 1. The summed E-state index contributed by atoms with van der Waals surface area (Å²) < 4.78 is 2.93. The highest BCUT2D eigenvalue weighted by Gasteiger charge is 2.46. The van der Waals surface area contributed by atoms with E-state index in [0.29, 0.717) is 29.2 Å². The fourth-order valence-corrected chi connectivity index (χ4v) is 4.32. The van der Waals surface area contributed by atoms with E-state index in [1.54, 1.807) is 41.2 Å². The molecule has 0 atom stereocenters. The monoisotopic (exact) mass is 464 g/mol. The Morgan fingerprint density at radius 1 is 1.03 bits per heavy atom. The highest BCUT2D eigenvalue weighted by atomic mass is 35.5. The third-order valence-electron chi connectivity index (χ3n) is 5.56. The number of pyridine rings is 1. The van der Waals surface area contributed by atoms with Crippen molar-refractivity contribution in [1.29, 1.82) is 0 Å². The molecule has 1 aromatic carbocycles. The van der Waals surface area contributed by atoms with Crippen molar-refractivity contribution in [2.75, 3.05) is 6.54 Å². The van der Waals surface area contributed by atoms with Crippen LogP contribution >= 0.6 is 11.6 Å². The molecular formula is C25H25ClN4O3. The quantitative estimate of drug-likeness (QED) is 0.414. The molecular weight excluding hydrogens is 440 g/mol. The highest BCUT2D eigenvalue weighted by Crippen LogP contribution is 2.37. The molecule has 0 spiro atoms. The molecule has 3 heterocycles. The second-order valence-electron chi connectivity index (χ2n) is 8.15. The van der Waals surface area contributed by atoms with Gasteiger partial charge < -0.3 is 5.11 Å². The second-order valence-corrected chi connectivity index (χ2v) is 8.59. The second kappa shape index (κ2) is 8.83. The summed E-state index contributed by atoms with van der Waals surface area (Å²) in [5.41, 5.74) is 3.33. The van der Waals surface area contributed by atoms with Crippen molar-refractivity contribution in [3.05, 3.63) is 70.1 Å². The number of imide groups is 1. The van der Waals surface area contributed by atoms with E-state index in [4.69, 9.17) is 11.6 Å². The molecule has 33 heavy (non-hydrogen) atoms. The zero-order valence-corrected chi connectivity index (χ0v) is 19.8. The van der Waals surface area contributed by atoms with Crippen molar-refractivity contribution >= 4 is 34.7 Å². The van der Waals surface area contributed by atoms with Gasteiger partial charge in [-0.25, -0.2) is 4.68 Å². The Labute approximate surface area is 197 Å². The molecule has 0 saturated heterocycles. The summed E-state index contributed by atoms with van der Waals surface area (Å²) in [5, 5.41) is 18.6. The Morgan fingerprint density at radius 3 is 2.24 bits per heavy atom. The maximum absolute atomic E-state index is 13.6. The number of halogens is 1. The van der Waals surface area contributed by atoms with Gasteiger partial charge in [0, 0.05) is 28.3 Å². The molecule has 0 N–H and O–H groups in total. The maximum atomic E-state index is 13.6. The van der Waals surface area contributed by atoms with Gasteiger partial charge in [-0.15, -0.1) is 0 Å². The SMILES string of the molecule is CCCN1C(=O)C(c2c(CC)nn(-c3ccc(Cl)cc3)c2[O-])=C([n+]2cc(C)cc(C)c2)C1=O. The Morgan fingerprint density at radius 2 is 1.67 bits per heavy atom. The van der Waals surface area contributed by atoms with Gasteiger partial charge in [0.25, 0.3) is 11.6 Å². The van der Waals surface area contributed by atoms with Gasteiger partial charge in [0.2, 0.25) is 0 Å². The number of carbonyl (C=O) groups is 2. The average Bonchev–Trinajstić information content (AvgIpc) is 3.22. The fraction of sp³-hybridized carbons (Fsp3) is 0.280. The van der Waals surface area contributed by atoms with Crippen LogP contribution in [0.1, 0.15) is 42.7 Å². The van der Waals surface area contributed by atoms with Gasteiger partial charge in [-0.2, -0.15) is 9.67 Å². The Bertz CT molecular complexity index is 1270. The molecule has 0 bridgehead atoms. The molecule has 7 nitrogen and oxygen atoms in total. The molecule has 1 aliphatic heterocycles. The third kappa shape index (κ3) is 3.93. The molecule has 0 fully saturated rings. The van der Waals surface area contributed by atoms with Crippen LogP contribution in [0.4, 0.5) is 0 Å². The van der Waals surface area contributed by atoms with E-state index < -0.39 is 17.7 Å². The van der Waals surface area contributed by atoms with Crippen LogP contribution in [0.2, 0.25) is 5.02 Å². The Balaban J connectivity index is 2.00. The van der Waals surface area contributed by atoms with Crippen LogP contribution in [-0.2, 0) is 16.0 Å². The first-order valence-electron chi connectivity index (χ1n) is 10.9. The van der Waals surface area contributed by atoms with Crippen molar-refractivity contribution in [3.8, 4) is 11.6 Å². The summed E-state index contributed by atoms with van der Waals surface area (Å²) >= 11 is 5.99. The van der Waals surface area contributed by atoms with E-state index in [2.05, 4.69) is 5.10 Å². The minimum atomic E-state index is -0.467. The van der Waals surface area contributed by atoms with Gasteiger partial charge in [-0.3, -0.25) is 14.5 Å². The molecule has 0 unspecified atom stereocenters. The van der Waals surface area contributed by atoms with Gasteiger partial charge in [0.15, 0.2) is 12.4 Å².